The highest BCUT2D eigenvalue weighted by atomic mass is 16.5. The third-order valence-electron chi connectivity index (χ3n) is 1.95. The first-order chi connectivity index (χ1) is 8.11. The molecule has 0 fully saturated rings. The Kier molecular flexibility index (Phi) is 5.42. The molecule has 0 saturated heterocycles. The lowest BCUT2D eigenvalue weighted by Crippen LogP contribution is -2.12. The van der Waals surface area contributed by atoms with Crippen molar-refractivity contribution in [2.45, 2.75) is 13.8 Å². The second-order valence-corrected chi connectivity index (χ2v) is 3.99. The van der Waals surface area contributed by atoms with Gasteiger partial charge in [0, 0.05) is 19.0 Å². The number of carbonyl (C=O) groups is 1. The summed E-state index contributed by atoms with van der Waals surface area (Å²) in [6, 6.07) is 1.53. The number of rotatable bonds is 7. The molecule has 5 nitrogen and oxygen atoms in total. The molecule has 0 aliphatic heterocycles. The van der Waals surface area contributed by atoms with Crippen LogP contribution < -0.4 is 4.74 Å². The maximum Gasteiger partial charge on any atom is 0.341 e. The largest absolute Gasteiger partial charge is 0.490 e. The molecule has 0 aliphatic carbocycles. The second-order valence-electron chi connectivity index (χ2n) is 3.99. The van der Waals surface area contributed by atoms with Gasteiger partial charge in [0.05, 0.1) is 6.61 Å². The van der Waals surface area contributed by atoms with Crippen LogP contribution in [0.5, 0.6) is 5.75 Å². The third kappa shape index (κ3) is 4.82. The van der Waals surface area contributed by atoms with E-state index in [1.807, 2.05) is 0 Å². The van der Waals surface area contributed by atoms with Crippen molar-refractivity contribution in [3.63, 3.8) is 0 Å². The van der Waals surface area contributed by atoms with E-state index in [0.29, 0.717) is 31.5 Å². The SMILES string of the molecule is CC(C)COCCOc1ccncc1C(=O)O. The number of pyridine rings is 1. The summed E-state index contributed by atoms with van der Waals surface area (Å²) in [7, 11) is 0. The summed E-state index contributed by atoms with van der Waals surface area (Å²) in [5.74, 6) is -0.248. The van der Waals surface area contributed by atoms with Gasteiger partial charge in [0.2, 0.25) is 0 Å². The number of hydrogen-bond acceptors (Lipinski definition) is 4. The Morgan fingerprint density at radius 1 is 1.47 bits per heavy atom. The summed E-state index contributed by atoms with van der Waals surface area (Å²) >= 11 is 0. The molecule has 0 atom stereocenters. The molecule has 0 unspecified atom stereocenters. The number of ether oxygens (including phenoxy) is 2. The predicted octanol–water partition coefficient (Wildman–Crippen LogP) is 1.83. The molecule has 0 radical (unpaired) electrons. The van der Waals surface area contributed by atoms with Gasteiger partial charge in [-0.3, -0.25) is 4.98 Å². The zero-order valence-electron chi connectivity index (χ0n) is 10.0. The minimum Gasteiger partial charge on any atom is -0.490 e. The molecular weight excluding hydrogens is 222 g/mol. The van der Waals surface area contributed by atoms with Gasteiger partial charge in [-0.15, -0.1) is 0 Å². The van der Waals surface area contributed by atoms with Gasteiger partial charge >= 0.3 is 5.97 Å². The number of aromatic carboxylic acids is 1. The van der Waals surface area contributed by atoms with Crippen molar-refractivity contribution in [1.82, 2.24) is 4.98 Å². The van der Waals surface area contributed by atoms with Crippen LogP contribution in [0.2, 0.25) is 0 Å². The molecule has 1 N–H and O–H groups in total. The lowest BCUT2D eigenvalue weighted by atomic mass is 10.2. The van der Waals surface area contributed by atoms with Crippen LogP contribution in [0.15, 0.2) is 18.5 Å². The first-order valence-corrected chi connectivity index (χ1v) is 5.49. The molecule has 0 saturated carbocycles. The summed E-state index contributed by atoms with van der Waals surface area (Å²) in [5, 5.41) is 8.89. The Bertz CT molecular complexity index is 365. The highest BCUT2D eigenvalue weighted by Crippen LogP contribution is 2.16. The molecule has 0 amide bonds. The normalized spacial score (nSPS) is 10.5. The predicted molar refractivity (Wildman–Crippen MR) is 62.3 cm³/mol. The zero-order valence-corrected chi connectivity index (χ0v) is 10.0. The van der Waals surface area contributed by atoms with Crippen molar-refractivity contribution in [2.24, 2.45) is 5.92 Å². The van der Waals surface area contributed by atoms with Gasteiger partial charge in [-0.05, 0) is 12.0 Å². The van der Waals surface area contributed by atoms with Crippen LogP contribution >= 0.6 is 0 Å². The average molecular weight is 239 g/mol. The highest BCUT2D eigenvalue weighted by Gasteiger charge is 2.10. The number of nitrogens with zero attached hydrogens (tertiary/aromatic N) is 1. The van der Waals surface area contributed by atoms with Crippen molar-refractivity contribution in [1.29, 1.82) is 0 Å². The quantitative estimate of drug-likeness (QED) is 0.735. The van der Waals surface area contributed by atoms with E-state index in [0.717, 1.165) is 0 Å². The molecule has 1 heterocycles. The van der Waals surface area contributed by atoms with E-state index in [2.05, 4.69) is 18.8 Å². The van der Waals surface area contributed by atoms with Gasteiger partial charge in [0.25, 0.3) is 0 Å². The Labute approximate surface area is 100 Å². The molecule has 17 heavy (non-hydrogen) atoms. The first-order valence-electron chi connectivity index (χ1n) is 5.49. The van der Waals surface area contributed by atoms with E-state index in [9.17, 15) is 4.79 Å². The smallest absolute Gasteiger partial charge is 0.341 e. The van der Waals surface area contributed by atoms with Gasteiger partial charge in [-0.25, -0.2) is 4.79 Å². The third-order valence-corrected chi connectivity index (χ3v) is 1.95. The van der Waals surface area contributed by atoms with Crippen LogP contribution in [-0.4, -0.2) is 35.9 Å². The number of hydrogen-bond donors (Lipinski definition) is 1. The van der Waals surface area contributed by atoms with Crippen LogP contribution in [0.3, 0.4) is 0 Å². The molecular formula is C12H17NO4. The fourth-order valence-electron chi connectivity index (χ4n) is 1.20. The summed E-state index contributed by atoms with van der Waals surface area (Å²) < 4.78 is 10.7. The van der Waals surface area contributed by atoms with E-state index >= 15 is 0 Å². The summed E-state index contributed by atoms with van der Waals surface area (Å²) in [4.78, 5) is 14.6. The van der Waals surface area contributed by atoms with Crippen LogP contribution in [0.4, 0.5) is 0 Å². The molecule has 1 rings (SSSR count). The Balaban J connectivity index is 2.39. The Morgan fingerprint density at radius 3 is 2.88 bits per heavy atom. The van der Waals surface area contributed by atoms with Gasteiger partial charge in [-0.2, -0.15) is 0 Å². The van der Waals surface area contributed by atoms with E-state index in [4.69, 9.17) is 14.6 Å². The minimum absolute atomic E-state index is 0.0661. The van der Waals surface area contributed by atoms with Gasteiger partial charge in [0.15, 0.2) is 0 Å². The number of carboxylic acid groups (broad SMARTS) is 1. The molecule has 0 bridgehead atoms. The molecule has 1 aromatic rings. The summed E-state index contributed by atoms with van der Waals surface area (Å²) in [6.45, 7) is 5.57. The van der Waals surface area contributed by atoms with Crippen LogP contribution in [0.25, 0.3) is 0 Å². The van der Waals surface area contributed by atoms with Crippen molar-refractivity contribution < 1.29 is 19.4 Å². The lowest BCUT2D eigenvalue weighted by Gasteiger charge is -2.09. The standard InChI is InChI=1S/C12H17NO4/c1-9(2)8-16-5-6-17-11-3-4-13-7-10(11)12(14)15/h3-4,7,9H,5-6,8H2,1-2H3,(H,14,15). The van der Waals surface area contributed by atoms with Crippen molar-refractivity contribution in [3.05, 3.63) is 24.0 Å². The number of aromatic nitrogens is 1. The van der Waals surface area contributed by atoms with E-state index < -0.39 is 5.97 Å². The maximum atomic E-state index is 10.8. The van der Waals surface area contributed by atoms with Crippen molar-refractivity contribution >= 4 is 5.97 Å². The Hall–Kier alpha value is -1.62. The zero-order chi connectivity index (χ0) is 12.7. The molecule has 1 aromatic heterocycles. The molecule has 0 spiro atoms. The second kappa shape index (κ2) is 6.85. The monoisotopic (exact) mass is 239 g/mol. The van der Waals surface area contributed by atoms with Crippen molar-refractivity contribution in [3.8, 4) is 5.75 Å². The molecule has 0 aliphatic rings. The topological polar surface area (TPSA) is 68.7 Å². The van der Waals surface area contributed by atoms with Gasteiger partial charge in [0.1, 0.15) is 17.9 Å². The minimum atomic E-state index is -1.05. The van der Waals surface area contributed by atoms with E-state index in [1.54, 1.807) is 0 Å². The maximum absolute atomic E-state index is 10.8. The first kappa shape index (κ1) is 13.4. The van der Waals surface area contributed by atoms with E-state index in [1.165, 1.54) is 18.5 Å². The molecule has 0 aromatic carbocycles. The van der Waals surface area contributed by atoms with Crippen molar-refractivity contribution in [2.75, 3.05) is 19.8 Å². The molecule has 94 valence electrons. The number of carboxylic acids is 1. The van der Waals surface area contributed by atoms with Crippen LogP contribution in [0, 0.1) is 5.92 Å². The average Bonchev–Trinajstić information content (AvgIpc) is 2.28. The summed E-state index contributed by atoms with van der Waals surface area (Å²) in [6.07, 6.45) is 2.77. The fraction of sp³-hybridized carbons (Fsp3) is 0.500. The summed E-state index contributed by atoms with van der Waals surface area (Å²) in [5.41, 5.74) is 0.0661. The van der Waals surface area contributed by atoms with E-state index in [-0.39, 0.29) is 5.56 Å². The van der Waals surface area contributed by atoms with Gasteiger partial charge in [-0.1, -0.05) is 13.8 Å². The molecule has 5 heteroatoms. The fourth-order valence-corrected chi connectivity index (χ4v) is 1.20. The lowest BCUT2D eigenvalue weighted by molar-refractivity contribution is 0.0677. The Morgan fingerprint density at radius 2 is 2.24 bits per heavy atom. The highest BCUT2D eigenvalue weighted by molar-refractivity contribution is 5.90. The van der Waals surface area contributed by atoms with Gasteiger partial charge < -0.3 is 14.6 Å². The van der Waals surface area contributed by atoms with Crippen LogP contribution in [0.1, 0.15) is 24.2 Å². The van der Waals surface area contributed by atoms with Crippen LogP contribution in [-0.2, 0) is 4.74 Å².